The van der Waals surface area contributed by atoms with E-state index in [1.165, 1.54) is 12.1 Å². The van der Waals surface area contributed by atoms with Crippen molar-refractivity contribution < 1.29 is 9.13 Å². The van der Waals surface area contributed by atoms with E-state index in [9.17, 15) is 4.39 Å². The monoisotopic (exact) mass is 365 g/mol. The summed E-state index contributed by atoms with van der Waals surface area (Å²) in [5.74, 6) is 1.58. The zero-order chi connectivity index (χ0) is 14.7. The van der Waals surface area contributed by atoms with Gasteiger partial charge in [-0.25, -0.2) is 4.39 Å². The highest BCUT2D eigenvalue weighted by Gasteiger charge is 2.12. The molecule has 0 amide bonds. The molecule has 0 N–H and O–H groups in total. The van der Waals surface area contributed by atoms with Gasteiger partial charge in [-0.3, -0.25) is 4.99 Å². The average Bonchev–Trinajstić information content (AvgIpc) is 3.02. The first-order valence-electron chi connectivity index (χ1n) is 6.57. The molecule has 1 aliphatic rings. The molecule has 0 bridgehead atoms. The maximum atomic E-state index is 12.8. The first-order valence-corrected chi connectivity index (χ1v) is 8.34. The maximum Gasteiger partial charge on any atom is 0.134 e. The van der Waals surface area contributed by atoms with Gasteiger partial charge < -0.3 is 4.74 Å². The molecule has 0 radical (unpaired) electrons. The molecule has 2 aromatic rings. The molecule has 0 saturated heterocycles. The summed E-state index contributed by atoms with van der Waals surface area (Å²) in [6.07, 6.45) is 0. The lowest BCUT2D eigenvalue weighted by Gasteiger charge is -2.10. The minimum atomic E-state index is -0.237. The van der Waals surface area contributed by atoms with Gasteiger partial charge in [0.1, 0.15) is 18.2 Å². The fourth-order valence-electron chi connectivity index (χ4n) is 2.00. The van der Waals surface area contributed by atoms with Crippen molar-refractivity contribution >= 4 is 32.7 Å². The first-order chi connectivity index (χ1) is 10.2. The number of nitrogens with zero attached hydrogens (tertiary/aromatic N) is 1. The molecule has 2 nitrogen and oxygen atoms in total. The van der Waals surface area contributed by atoms with Gasteiger partial charge in [-0.2, -0.15) is 0 Å². The van der Waals surface area contributed by atoms with Crippen molar-refractivity contribution in [3.8, 4) is 5.75 Å². The standard InChI is InChI=1S/C16H13BrFNOS/c17-14-9-12(16-19-7-8-21-16)3-6-15(14)20-10-11-1-4-13(18)5-2-11/h1-6,9H,7-8,10H2. The molecule has 5 heteroatoms. The normalized spacial score (nSPS) is 14.1. The van der Waals surface area contributed by atoms with Gasteiger partial charge in [0, 0.05) is 17.9 Å². The second-order valence-electron chi connectivity index (χ2n) is 4.60. The fourth-order valence-corrected chi connectivity index (χ4v) is 3.35. The molecular weight excluding hydrogens is 353 g/mol. The molecule has 0 spiro atoms. The summed E-state index contributed by atoms with van der Waals surface area (Å²) in [4.78, 5) is 4.46. The Labute approximate surface area is 135 Å². The van der Waals surface area contributed by atoms with E-state index in [-0.39, 0.29) is 5.82 Å². The van der Waals surface area contributed by atoms with E-state index in [1.54, 1.807) is 23.9 Å². The van der Waals surface area contributed by atoms with Crippen LogP contribution >= 0.6 is 27.7 Å². The van der Waals surface area contributed by atoms with Crippen molar-refractivity contribution in [1.82, 2.24) is 0 Å². The topological polar surface area (TPSA) is 21.6 Å². The molecule has 1 aliphatic heterocycles. The molecule has 0 aromatic heterocycles. The van der Waals surface area contributed by atoms with E-state index in [0.717, 1.165) is 38.7 Å². The van der Waals surface area contributed by atoms with Crippen LogP contribution in [0.15, 0.2) is 51.9 Å². The van der Waals surface area contributed by atoms with E-state index in [2.05, 4.69) is 20.9 Å². The van der Waals surface area contributed by atoms with Crippen LogP contribution in [0.25, 0.3) is 0 Å². The molecule has 3 rings (SSSR count). The third-order valence-electron chi connectivity index (χ3n) is 3.07. The molecule has 0 aliphatic carbocycles. The van der Waals surface area contributed by atoms with Crippen molar-refractivity contribution in [3.05, 3.63) is 63.9 Å². The zero-order valence-corrected chi connectivity index (χ0v) is 13.6. The predicted molar refractivity (Wildman–Crippen MR) is 88.7 cm³/mol. The first kappa shape index (κ1) is 14.6. The average molecular weight is 366 g/mol. The highest BCUT2D eigenvalue weighted by Crippen LogP contribution is 2.29. The van der Waals surface area contributed by atoms with Gasteiger partial charge in [-0.05, 0) is 51.8 Å². The molecular formula is C16H13BrFNOS. The lowest BCUT2D eigenvalue weighted by atomic mass is 10.2. The predicted octanol–water partition coefficient (Wildman–Crippen LogP) is 4.66. The number of aliphatic imine (C=N–C) groups is 1. The van der Waals surface area contributed by atoms with Gasteiger partial charge in [0.05, 0.1) is 9.52 Å². The van der Waals surface area contributed by atoms with Crippen molar-refractivity contribution in [3.63, 3.8) is 0 Å². The SMILES string of the molecule is Fc1ccc(COc2ccc(C3=NCCS3)cc2Br)cc1. The number of ether oxygens (including phenoxy) is 1. The Kier molecular flexibility index (Phi) is 4.60. The van der Waals surface area contributed by atoms with E-state index < -0.39 is 0 Å². The molecule has 0 fully saturated rings. The second kappa shape index (κ2) is 6.62. The molecule has 108 valence electrons. The van der Waals surface area contributed by atoms with Gasteiger partial charge in [-0.15, -0.1) is 11.8 Å². The number of halogens is 2. The summed E-state index contributed by atoms with van der Waals surface area (Å²) < 4.78 is 19.5. The fraction of sp³-hybridized carbons (Fsp3) is 0.188. The summed E-state index contributed by atoms with van der Waals surface area (Å²) in [6.45, 7) is 1.30. The van der Waals surface area contributed by atoms with Crippen LogP contribution in [-0.2, 0) is 6.61 Å². The lowest BCUT2D eigenvalue weighted by Crippen LogP contribution is -1.98. The number of hydrogen-bond donors (Lipinski definition) is 0. The minimum Gasteiger partial charge on any atom is -0.488 e. The van der Waals surface area contributed by atoms with E-state index in [4.69, 9.17) is 4.74 Å². The minimum absolute atomic E-state index is 0.237. The molecule has 0 saturated carbocycles. The third-order valence-corrected chi connectivity index (χ3v) is 4.72. The number of rotatable bonds is 4. The van der Waals surface area contributed by atoms with Gasteiger partial charge in [0.15, 0.2) is 0 Å². The summed E-state index contributed by atoms with van der Waals surface area (Å²) in [7, 11) is 0. The van der Waals surface area contributed by atoms with E-state index in [0.29, 0.717) is 6.61 Å². The Morgan fingerprint density at radius 2 is 2.00 bits per heavy atom. The summed E-state index contributed by atoms with van der Waals surface area (Å²) >= 11 is 5.30. The number of thioether (sulfide) groups is 1. The van der Waals surface area contributed by atoms with Crippen LogP contribution in [0.5, 0.6) is 5.75 Å². The molecule has 2 aromatic carbocycles. The van der Waals surface area contributed by atoms with Crippen LogP contribution in [-0.4, -0.2) is 17.3 Å². The molecule has 0 atom stereocenters. The summed E-state index contributed by atoms with van der Waals surface area (Å²) in [6, 6.07) is 12.3. The Bertz CT molecular complexity index is 672. The molecule has 1 heterocycles. The van der Waals surface area contributed by atoms with Crippen molar-refractivity contribution in [2.45, 2.75) is 6.61 Å². The van der Waals surface area contributed by atoms with Crippen LogP contribution < -0.4 is 4.74 Å². The second-order valence-corrected chi connectivity index (χ2v) is 6.53. The van der Waals surface area contributed by atoms with Gasteiger partial charge in [-0.1, -0.05) is 12.1 Å². The summed E-state index contributed by atoms with van der Waals surface area (Å²) in [5.41, 5.74) is 2.04. The van der Waals surface area contributed by atoms with Gasteiger partial charge >= 0.3 is 0 Å². The van der Waals surface area contributed by atoms with Crippen LogP contribution in [0.1, 0.15) is 11.1 Å². The molecule has 21 heavy (non-hydrogen) atoms. The van der Waals surface area contributed by atoms with Gasteiger partial charge in [0.2, 0.25) is 0 Å². The largest absolute Gasteiger partial charge is 0.488 e. The quantitative estimate of drug-likeness (QED) is 0.785. The van der Waals surface area contributed by atoms with E-state index >= 15 is 0 Å². The number of benzene rings is 2. The lowest BCUT2D eigenvalue weighted by molar-refractivity contribution is 0.304. The van der Waals surface area contributed by atoms with Gasteiger partial charge in [0.25, 0.3) is 0 Å². The Balaban J connectivity index is 1.69. The van der Waals surface area contributed by atoms with Crippen molar-refractivity contribution in [2.24, 2.45) is 4.99 Å². The zero-order valence-electron chi connectivity index (χ0n) is 11.2. The smallest absolute Gasteiger partial charge is 0.134 e. The number of hydrogen-bond acceptors (Lipinski definition) is 3. The highest BCUT2D eigenvalue weighted by molar-refractivity contribution is 9.10. The van der Waals surface area contributed by atoms with Crippen molar-refractivity contribution in [2.75, 3.05) is 12.3 Å². The summed E-state index contributed by atoms with van der Waals surface area (Å²) in [5, 5.41) is 1.08. The Hall–Kier alpha value is -1.33. The molecule has 0 unspecified atom stereocenters. The highest BCUT2D eigenvalue weighted by atomic mass is 79.9. The van der Waals surface area contributed by atoms with Crippen molar-refractivity contribution in [1.29, 1.82) is 0 Å². The Morgan fingerprint density at radius 1 is 1.19 bits per heavy atom. The van der Waals surface area contributed by atoms with Crippen LogP contribution in [0, 0.1) is 5.82 Å². The van der Waals surface area contributed by atoms with Crippen LogP contribution in [0.2, 0.25) is 0 Å². The van der Waals surface area contributed by atoms with Crippen LogP contribution in [0.4, 0.5) is 4.39 Å². The van der Waals surface area contributed by atoms with Crippen LogP contribution in [0.3, 0.4) is 0 Å². The third kappa shape index (κ3) is 3.66. The Morgan fingerprint density at radius 3 is 2.67 bits per heavy atom. The maximum absolute atomic E-state index is 12.8. The van der Waals surface area contributed by atoms with E-state index in [1.807, 2.05) is 18.2 Å².